The molecule has 0 aliphatic carbocycles. The molecule has 0 radical (unpaired) electrons. The zero-order chi connectivity index (χ0) is 10.5. The molecule has 2 heterocycles. The number of hydrogen-bond acceptors (Lipinski definition) is 3. The van der Waals surface area contributed by atoms with Crippen LogP contribution in [0.1, 0.15) is 24.8 Å². The zero-order valence-electron chi connectivity index (χ0n) is 9.20. The molecule has 1 aromatic rings. The van der Waals surface area contributed by atoms with Crippen molar-refractivity contribution < 1.29 is 4.74 Å². The molecule has 0 saturated carbocycles. The predicted octanol–water partition coefficient (Wildman–Crippen LogP) is 1.77. The fraction of sp³-hybridized carbons (Fsp3) is 0.583. The highest BCUT2D eigenvalue weighted by Gasteiger charge is 2.14. The summed E-state index contributed by atoms with van der Waals surface area (Å²) in [5.41, 5.74) is 1.26. The van der Waals surface area contributed by atoms with E-state index in [9.17, 15) is 0 Å². The van der Waals surface area contributed by atoms with Crippen LogP contribution in [0.2, 0.25) is 0 Å². The Kier molecular flexibility index (Phi) is 3.56. The number of nitrogens with zero attached hydrogens (tertiary/aromatic N) is 1. The summed E-state index contributed by atoms with van der Waals surface area (Å²) in [6.07, 6.45) is 8.59. The van der Waals surface area contributed by atoms with Crippen molar-refractivity contribution in [2.75, 3.05) is 13.7 Å². The first kappa shape index (κ1) is 10.4. The van der Waals surface area contributed by atoms with Gasteiger partial charge in [0.15, 0.2) is 0 Å². The summed E-state index contributed by atoms with van der Waals surface area (Å²) in [5, 5.41) is 3.54. The van der Waals surface area contributed by atoms with Gasteiger partial charge in [0.05, 0.1) is 13.3 Å². The van der Waals surface area contributed by atoms with Crippen LogP contribution in [0.3, 0.4) is 0 Å². The van der Waals surface area contributed by atoms with E-state index in [0.29, 0.717) is 6.04 Å². The van der Waals surface area contributed by atoms with E-state index in [0.717, 1.165) is 18.7 Å². The molecule has 0 aromatic carbocycles. The highest BCUT2D eigenvalue weighted by atomic mass is 16.5. The second-order valence-electron chi connectivity index (χ2n) is 4.04. The summed E-state index contributed by atoms with van der Waals surface area (Å²) in [5.74, 6) is 0.907. The van der Waals surface area contributed by atoms with Crippen LogP contribution >= 0.6 is 0 Å². The second-order valence-corrected chi connectivity index (χ2v) is 4.04. The quantitative estimate of drug-likeness (QED) is 0.818. The van der Waals surface area contributed by atoms with Gasteiger partial charge < -0.3 is 10.1 Å². The van der Waals surface area contributed by atoms with E-state index in [4.69, 9.17) is 4.74 Å². The van der Waals surface area contributed by atoms with Crippen LogP contribution in [0, 0.1) is 0 Å². The number of rotatable bonds is 3. The van der Waals surface area contributed by atoms with E-state index in [1.165, 1.54) is 24.8 Å². The van der Waals surface area contributed by atoms with Crippen LogP contribution in [-0.2, 0) is 6.42 Å². The molecule has 3 nitrogen and oxygen atoms in total. The average molecular weight is 206 g/mol. The maximum absolute atomic E-state index is 5.30. The lowest BCUT2D eigenvalue weighted by Gasteiger charge is -2.23. The van der Waals surface area contributed by atoms with E-state index in [1.807, 2.05) is 6.20 Å². The second kappa shape index (κ2) is 5.12. The van der Waals surface area contributed by atoms with E-state index in [1.54, 1.807) is 13.3 Å². The number of methoxy groups -OCH3 is 1. The zero-order valence-corrected chi connectivity index (χ0v) is 9.20. The van der Waals surface area contributed by atoms with Crippen molar-refractivity contribution in [1.29, 1.82) is 0 Å². The summed E-state index contributed by atoms with van der Waals surface area (Å²) in [6.45, 7) is 1.15. The van der Waals surface area contributed by atoms with Gasteiger partial charge in [-0.2, -0.15) is 0 Å². The third-order valence-electron chi connectivity index (χ3n) is 2.97. The van der Waals surface area contributed by atoms with Crippen molar-refractivity contribution in [2.45, 2.75) is 31.7 Å². The summed E-state index contributed by atoms with van der Waals surface area (Å²) in [6, 6.07) is 2.66. The molecule has 1 N–H and O–H groups in total. The maximum atomic E-state index is 5.30. The lowest BCUT2D eigenvalue weighted by molar-refractivity contribution is 0.380. The predicted molar refractivity (Wildman–Crippen MR) is 60.1 cm³/mol. The van der Waals surface area contributed by atoms with Gasteiger partial charge in [-0.1, -0.05) is 6.42 Å². The minimum atomic E-state index is 0.607. The third kappa shape index (κ3) is 2.69. The molecule has 2 rings (SSSR count). The normalized spacial score (nSPS) is 21.3. The number of pyridine rings is 1. The van der Waals surface area contributed by atoms with Crippen LogP contribution in [-0.4, -0.2) is 24.7 Å². The van der Waals surface area contributed by atoms with Crippen molar-refractivity contribution in [2.24, 2.45) is 0 Å². The molecular formula is C12H18N2O. The molecule has 1 aliphatic rings. The Morgan fingerprint density at radius 3 is 3.20 bits per heavy atom. The number of hydrogen-bond donors (Lipinski definition) is 1. The molecule has 1 atom stereocenters. The van der Waals surface area contributed by atoms with Crippen LogP contribution in [0.4, 0.5) is 0 Å². The Bertz CT molecular complexity index is 308. The van der Waals surface area contributed by atoms with Crippen molar-refractivity contribution in [3.05, 3.63) is 24.0 Å². The van der Waals surface area contributed by atoms with Crippen molar-refractivity contribution in [3.8, 4) is 5.75 Å². The number of ether oxygens (including phenoxy) is 1. The fourth-order valence-electron chi connectivity index (χ4n) is 2.12. The number of nitrogens with one attached hydrogen (secondary N) is 1. The molecule has 15 heavy (non-hydrogen) atoms. The molecule has 1 fully saturated rings. The molecule has 1 unspecified atom stereocenters. The molecule has 3 heteroatoms. The van der Waals surface area contributed by atoms with Gasteiger partial charge in [-0.3, -0.25) is 4.98 Å². The smallest absolute Gasteiger partial charge is 0.140 e. The van der Waals surface area contributed by atoms with Gasteiger partial charge in [-0.15, -0.1) is 0 Å². The molecule has 1 saturated heterocycles. The van der Waals surface area contributed by atoms with Gasteiger partial charge in [0.1, 0.15) is 5.75 Å². The van der Waals surface area contributed by atoms with Crippen molar-refractivity contribution in [1.82, 2.24) is 10.3 Å². The van der Waals surface area contributed by atoms with Crippen LogP contribution in [0.25, 0.3) is 0 Å². The van der Waals surface area contributed by atoms with Gasteiger partial charge in [-0.05, 0) is 37.4 Å². The van der Waals surface area contributed by atoms with Crippen LogP contribution < -0.4 is 10.1 Å². The van der Waals surface area contributed by atoms with E-state index in [2.05, 4.69) is 16.4 Å². The Balaban J connectivity index is 2.02. The van der Waals surface area contributed by atoms with E-state index in [-0.39, 0.29) is 0 Å². The largest absolute Gasteiger partial charge is 0.495 e. The van der Waals surface area contributed by atoms with E-state index >= 15 is 0 Å². The molecule has 1 aliphatic heterocycles. The minimum Gasteiger partial charge on any atom is -0.495 e. The highest BCUT2D eigenvalue weighted by molar-refractivity contribution is 5.30. The van der Waals surface area contributed by atoms with Crippen LogP contribution in [0.5, 0.6) is 5.75 Å². The first-order chi connectivity index (χ1) is 7.40. The van der Waals surface area contributed by atoms with Gasteiger partial charge in [0, 0.05) is 12.2 Å². The summed E-state index contributed by atoms with van der Waals surface area (Å²) in [7, 11) is 1.70. The average Bonchev–Trinajstić information content (AvgIpc) is 2.31. The summed E-state index contributed by atoms with van der Waals surface area (Å²) < 4.78 is 5.30. The summed E-state index contributed by atoms with van der Waals surface area (Å²) in [4.78, 5) is 4.06. The standard InChI is InChI=1S/C12H18N2O/c1-15-12-9-13-7-5-10(12)8-11-4-2-3-6-14-11/h5,7,9,11,14H,2-4,6,8H2,1H3. The molecular weight excluding hydrogens is 188 g/mol. The van der Waals surface area contributed by atoms with Gasteiger partial charge in [-0.25, -0.2) is 0 Å². The number of piperidine rings is 1. The maximum Gasteiger partial charge on any atom is 0.140 e. The Hall–Kier alpha value is -1.09. The monoisotopic (exact) mass is 206 g/mol. The molecule has 0 spiro atoms. The van der Waals surface area contributed by atoms with E-state index < -0.39 is 0 Å². The molecule has 82 valence electrons. The third-order valence-corrected chi connectivity index (χ3v) is 2.97. The highest BCUT2D eigenvalue weighted by Crippen LogP contribution is 2.20. The number of aromatic nitrogens is 1. The Morgan fingerprint density at radius 1 is 1.53 bits per heavy atom. The van der Waals surface area contributed by atoms with Gasteiger partial charge in [0.2, 0.25) is 0 Å². The van der Waals surface area contributed by atoms with Crippen molar-refractivity contribution >= 4 is 0 Å². The molecule has 1 aromatic heterocycles. The minimum absolute atomic E-state index is 0.607. The molecule has 0 bridgehead atoms. The van der Waals surface area contributed by atoms with Crippen LogP contribution in [0.15, 0.2) is 18.5 Å². The van der Waals surface area contributed by atoms with Gasteiger partial charge >= 0.3 is 0 Å². The SMILES string of the molecule is COc1cnccc1CC1CCCCN1. The van der Waals surface area contributed by atoms with Crippen molar-refractivity contribution in [3.63, 3.8) is 0 Å². The van der Waals surface area contributed by atoms with Gasteiger partial charge in [0.25, 0.3) is 0 Å². The lowest BCUT2D eigenvalue weighted by Crippen LogP contribution is -2.35. The topological polar surface area (TPSA) is 34.1 Å². The first-order valence-electron chi connectivity index (χ1n) is 5.60. The fourth-order valence-corrected chi connectivity index (χ4v) is 2.12. The lowest BCUT2D eigenvalue weighted by atomic mass is 9.98. The molecule has 0 amide bonds. The Morgan fingerprint density at radius 2 is 2.47 bits per heavy atom. The summed E-state index contributed by atoms with van der Waals surface area (Å²) >= 11 is 0. The Labute approximate surface area is 90.9 Å². The first-order valence-corrected chi connectivity index (χ1v) is 5.60.